The quantitative estimate of drug-likeness (QED) is 0.479. The van der Waals surface area contributed by atoms with Gasteiger partial charge in [-0.2, -0.15) is 5.10 Å². The van der Waals surface area contributed by atoms with E-state index in [2.05, 4.69) is 31.8 Å². The Morgan fingerprint density at radius 3 is 2.33 bits per heavy atom. The molecule has 0 spiro atoms. The minimum Gasteiger partial charge on any atom is -0.318 e. The van der Waals surface area contributed by atoms with E-state index in [9.17, 15) is 9.59 Å². The van der Waals surface area contributed by atoms with E-state index in [0.717, 1.165) is 15.6 Å². The molecule has 6 heteroatoms. The van der Waals surface area contributed by atoms with Gasteiger partial charge in [0.05, 0.1) is 6.21 Å². The highest BCUT2D eigenvalue weighted by Crippen LogP contribution is 2.13. The fourth-order valence-corrected chi connectivity index (χ4v) is 2.08. The van der Waals surface area contributed by atoms with Gasteiger partial charge in [0.25, 0.3) is 0 Å². The number of amides is 2. The highest BCUT2D eigenvalue weighted by Gasteiger charge is 2.12. The molecule has 2 aromatic rings. The Labute approximate surface area is 148 Å². The van der Waals surface area contributed by atoms with Gasteiger partial charge in [-0.05, 0) is 42.3 Å². The molecule has 0 saturated carbocycles. The Balaban J connectivity index is 1.86. The fraction of sp³-hybridized carbons (Fsp3) is 0.0556. The predicted molar refractivity (Wildman–Crippen MR) is 99.5 cm³/mol. The van der Waals surface area contributed by atoms with Crippen LogP contribution in [-0.2, 0) is 9.59 Å². The van der Waals surface area contributed by atoms with Crippen molar-refractivity contribution < 1.29 is 9.59 Å². The summed E-state index contributed by atoms with van der Waals surface area (Å²) in [5.41, 5.74) is 4.60. The van der Waals surface area contributed by atoms with Crippen LogP contribution in [0.25, 0.3) is 6.08 Å². The van der Waals surface area contributed by atoms with E-state index in [1.165, 1.54) is 6.21 Å². The van der Waals surface area contributed by atoms with Crippen molar-refractivity contribution >= 4 is 45.7 Å². The Kier molecular flexibility index (Phi) is 6.45. The number of allylic oxidation sites excluding steroid dienone is 1. The first-order chi connectivity index (χ1) is 11.5. The largest absolute Gasteiger partial charge is 0.329 e. The number of nitrogens with zero attached hydrogens (tertiary/aromatic N) is 1. The van der Waals surface area contributed by atoms with Crippen molar-refractivity contribution in [2.24, 2.45) is 5.10 Å². The summed E-state index contributed by atoms with van der Waals surface area (Å²) >= 11 is 3.30. The van der Waals surface area contributed by atoms with Crippen LogP contribution in [0.4, 0.5) is 5.69 Å². The third kappa shape index (κ3) is 5.81. The molecule has 0 saturated heterocycles. The van der Waals surface area contributed by atoms with Crippen molar-refractivity contribution in [1.29, 1.82) is 0 Å². The van der Waals surface area contributed by atoms with E-state index < -0.39 is 11.8 Å². The van der Waals surface area contributed by atoms with Crippen LogP contribution in [0.2, 0.25) is 0 Å². The Bertz CT molecular complexity index is 769. The van der Waals surface area contributed by atoms with Crippen LogP contribution in [-0.4, -0.2) is 18.0 Å². The van der Waals surface area contributed by atoms with Gasteiger partial charge in [-0.1, -0.05) is 52.3 Å². The van der Waals surface area contributed by atoms with Gasteiger partial charge in [0.1, 0.15) is 0 Å². The van der Waals surface area contributed by atoms with E-state index in [0.29, 0.717) is 5.69 Å². The molecule has 24 heavy (non-hydrogen) atoms. The lowest BCUT2D eigenvalue weighted by Crippen LogP contribution is -2.32. The molecule has 0 aliphatic carbocycles. The van der Waals surface area contributed by atoms with Gasteiger partial charge in [-0.3, -0.25) is 9.59 Å². The molecule has 0 radical (unpaired) electrons. The lowest BCUT2D eigenvalue weighted by molar-refractivity contribution is -0.136. The first-order valence-electron chi connectivity index (χ1n) is 7.18. The standard InChI is InChI=1S/C18H16BrN3O2/c1-13(11-14-5-3-2-4-6-14)12-20-22-18(24)17(23)21-16-9-7-15(19)8-10-16/h2-12H,1H3,(H,21,23)(H,22,24)/b13-11+,20-12+. The molecular formula is C18H16BrN3O2. The highest BCUT2D eigenvalue weighted by atomic mass is 79.9. The molecule has 0 aliphatic rings. The van der Waals surface area contributed by atoms with Crippen LogP contribution in [0.15, 0.2) is 69.7 Å². The molecule has 0 aliphatic heterocycles. The van der Waals surface area contributed by atoms with Gasteiger partial charge in [0, 0.05) is 10.2 Å². The van der Waals surface area contributed by atoms with Crippen molar-refractivity contribution in [2.75, 3.05) is 5.32 Å². The number of hydrogen-bond acceptors (Lipinski definition) is 3. The maximum atomic E-state index is 11.7. The molecule has 0 aromatic heterocycles. The number of nitrogens with one attached hydrogen (secondary N) is 2. The second-order valence-corrected chi connectivity index (χ2v) is 5.87. The molecule has 0 bridgehead atoms. The average molecular weight is 386 g/mol. The topological polar surface area (TPSA) is 70.6 Å². The summed E-state index contributed by atoms with van der Waals surface area (Å²) in [5, 5.41) is 6.27. The second-order valence-electron chi connectivity index (χ2n) is 4.96. The van der Waals surface area contributed by atoms with Gasteiger partial charge >= 0.3 is 11.8 Å². The van der Waals surface area contributed by atoms with E-state index >= 15 is 0 Å². The molecule has 2 N–H and O–H groups in total. The molecule has 122 valence electrons. The molecule has 0 atom stereocenters. The molecule has 2 amide bonds. The second kappa shape index (κ2) is 8.79. The zero-order chi connectivity index (χ0) is 17.4. The summed E-state index contributed by atoms with van der Waals surface area (Å²) in [6, 6.07) is 16.6. The SMILES string of the molecule is CC(/C=N/NC(=O)C(=O)Nc1ccc(Br)cc1)=C\c1ccccc1. The van der Waals surface area contributed by atoms with Crippen LogP contribution in [0.5, 0.6) is 0 Å². The summed E-state index contributed by atoms with van der Waals surface area (Å²) < 4.78 is 0.884. The number of carbonyl (C=O) groups is 2. The number of rotatable bonds is 4. The summed E-state index contributed by atoms with van der Waals surface area (Å²) in [6.07, 6.45) is 3.40. The van der Waals surface area contributed by atoms with E-state index in [1.54, 1.807) is 24.3 Å². The van der Waals surface area contributed by atoms with Crippen LogP contribution in [0.1, 0.15) is 12.5 Å². The molecule has 2 aromatic carbocycles. The van der Waals surface area contributed by atoms with Gasteiger partial charge in [-0.15, -0.1) is 0 Å². The van der Waals surface area contributed by atoms with Gasteiger partial charge in [0.15, 0.2) is 0 Å². The molecular weight excluding hydrogens is 370 g/mol. The van der Waals surface area contributed by atoms with Crippen LogP contribution in [0.3, 0.4) is 0 Å². The third-order valence-corrected chi connectivity index (χ3v) is 3.47. The lowest BCUT2D eigenvalue weighted by Gasteiger charge is -2.03. The fourth-order valence-electron chi connectivity index (χ4n) is 1.81. The maximum absolute atomic E-state index is 11.7. The number of carbonyl (C=O) groups excluding carboxylic acids is 2. The lowest BCUT2D eigenvalue weighted by atomic mass is 10.1. The van der Waals surface area contributed by atoms with Gasteiger partial charge in [-0.25, -0.2) is 5.43 Å². The smallest absolute Gasteiger partial charge is 0.318 e. The molecule has 0 heterocycles. The van der Waals surface area contributed by atoms with Crippen molar-refractivity contribution in [3.05, 3.63) is 70.2 Å². The molecule has 5 nitrogen and oxygen atoms in total. The van der Waals surface area contributed by atoms with Crippen LogP contribution >= 0.6 is 15.9 Å². The Hall–Kier alpha value is -2.73. The van der Waals surface area contributed by atoms with Crippen molar-refractivity contribution in [3.8, 4) is 0 Å². The van der Waals surface area contributed by atoms with E-state index in [-0.39, 0.29) is 0 Å². The van der Waals surface area contributed by atoms with Crippen LogP contribution < -0.4 is 10.7 Å². The number of halogens is 1. The zero-order valence-electron chi connectivity index (χ0n) is 13.0. The Morgan fingerprint density at radius 2 is 1.67 bits per heavy atom. The normalized spacial score (nSPS) is 11.3. The summed E-state index contributed by atoms with van der Waals surface area (Å²) in [4.78, 5) is 23.4. The molecule has 0 fully saturated rings. The van der Waals surface area contributed by atoms with Crippen LogP contribution in [0, 0.1) is 0 Å². The van der Waals surface area contributed by atoms with Gasteiger partial charge < -0.3 is 5.32 Å². The maximum Gasteiger partial charge on any atom is 0.329 e. The van der Waals surface area contributed by atoms with Crippen molar-refractivity contribution in [1.82, 2.24) is 5.43 Å². The summed E-state index contributed by atoms with van der Waals surface area (Å²) in [5.74, 6) is -1.61. The average Bonchev–Trinajstić information content (AvgIpc) is 2.57. The minimum absolute atomic E-state index is 0.530. The zero-order valence-corrected chi connectivity index (χ0v) is 14.6. The summed E-state index contributed by atoms with van der Waals surface area (Å²) in [7, 11) is 0. The van der Waals surface area contributed by atoms with E-state index in [1.807, 2.05) is 43.3 Å². The molecule has 2 rings (SSSR count). The van der Waals surface area contributed by atoms with Crippen molar-refractivity contribution in [3.63, 3.8) is 0 Å². The number of hydrogen-bond donors (Lipinski definition) is 2. The first-order valence-corrected chi connectivity index (χ1v) is 7.97. The molecule has 0 unspecified atom stereocenters. The first kappa shape index (κ1) is 17.6. The predicted octanol–water partition coefficient (Wildman–Crippen LogP) is 3.59. The third-order valence-electron chi connectivity index (χ3n) is 2.94. The number of hydrazone groups is 1. The highest BCUT2D eigenvalue weighted by molar-refractivity contribution is 9.10. The Morgan fingerprint density at radius 1 is 1.00 bits per heavy atom. The van der Waals surface area contributed by atoms with Crippen molar-refractivity contribution in [2.45, 2.75) is 6.92 Å². The number of benzene rings is 2. The summed E-state index contributed by atoms with van der Waals surface area (Å²) in [6.45, 7) is 1.85. The van der Waals surface area contributed by atoms with E-state index in [4.69, 9.17) is 0 Å². The van der Waals surface area contributed by atoms with Gasteiger partial charge in [0.2, 0.25) is 0 Å². The minimum atomic E-state index is -0.832. The number of anilines is 1. The monoisotopic (exact) mass is 385 g/mol.